The number of hydrogen-bond acceptors (Lipinski definition) is 5. The molecular formula is C15H19NO5. The minimum absolute atomic E-state index is 0.460. The lowest BCUT2D eigenvalue weighted by atomic mass is 9.99. The predicted molar refractivity (Wildman–Crippen MR) is 76.0 cm³/mol. The molecule has 0 bridgehead atoms. The van der Waals surface area contributed by atoms with E-state index >= 15 is 0 Å². The van der Waals surface area contributed by atoms with Gasteiger partial charge in [-0.15, -0.1) is 0 Å². The monoisotopic (exact) mass is 293 g/mol. The van der Waals surface area contributed by atoms with Gasteiger partial charge in [0, 0.05) is 6.08 Å². The number of aliphatic hydroxyl groups excluding tert-OH is 3. The Balaban J connectivity index is 1.95. The number of aliphatic hydroxyl groups is 3. The zero-order valence-corrected chi connectivity index (χ0v) is 11.6. The van der Waals surface area contributed by atoms with Crippen LogP contribution < -0.4 is 5.32 Å². The van der Waals surface area contributed by atoms with Crippen LogP contribution in [0.2, 0.25) is 0 Å². The molecule has 0 radical (unpaired) electrons. The van der Waals surface area contributed by atoms with Crippen molar-refractivity contribution in [2.45, 2.75) is 37.6 Å². The van der Waals surface area contributed by atoms with Crippen LogP contribution in [0.1, 0.15) is 12.5 Å². The molecule has 0 unspecified atom stereocenters. The van der Waals surface area contributed by atoms with E-state index in [-0.39, 0.29) is 0 Å². The number of carbonyl (C=O) groups is 1. The van der Waals surface area contributed by atoms with Crippen LogP contribution in [0, 0.1) is 0 Å². The van der Waals surface area contributed by atoms with E-state index in [1.807, 2.05) is 30.3 Å². The number of amides is 1. The molecular weight excluding hydrogens is 274 g/mol. The molecule has 0 aromatic heterocycles. The molecule has 1 saturated heterocycles. The second-order valence-electron chi connectivity index (χ2n) is 4.99. The molecule has 5 atom stereocenters. The Bertz CT molecular complexity index is 504. The fraction of sp³-hybridized carbons (Fsp3) is 0.400. The van der Waals surface area contributed by atoms with Crippen molar-refractivity contribution in [3.63, 3.8) is 0 Å². The van der Waals surface area contributed by atoms with Crippen molar-refractivity contribution in [3.8, 4) is 0 Å². The quantitative estimate of drug-likeness (QED) is 0.571. The van der Waals surface area contributed by atoms with Crippen molar-refractivity contribution < 1.29 is 24.9 Å². The third-order valence-electron chi connectivity index (χ3n) is 3.36. The number of nitrogens with one attached hydrogen (secondary N) is 1. The van der Waals surface area contributed by atoms with Gasteiger partial charge in [-0.25, -0.2) is 0 Å². The number of benzene rings is 1. The van der Waals surface area contributed by atoms with Crippen LogP contribution in [0.3, 0.4) is 0 Å². The summed E-state index contributed by atoms with van der Waals surface area (Å²) in [6.45, 7) is 1.55. The first-order valence-electron chi connectivity index (χ1n) is 6.72. The van der Waals surface area contributed by atoms with Crippen molar-refractivity contribution in [3.05, 3.63) is 42.0 Å². The maximum absolute atomic E-state index is 11.8. The molecule has 1 heterocycles. The van der Waals surface area contributed by atoms with E-state index in [9.17, 15) is 20.1 Å². The summed E-state index contributed by atoms with van der Waals surface area (Å²) in [5, 5.41) is 31.5. The van der Waals surface area contributed by atoms with Crippen molar-refractivity contribution in [1.29, 1.82) is 0 Å². The normalized spacial score (nSPS) is 33.0. The third-order valence-corrected chi connectivity index (χ3v) is 3.36. The summed E-state index contributed by atoms with van der Waals surface area (Å²) >= 11 is 0. The van der Waals surface area contributed by atoms with E-state index in [4.69, 9.17) is 4.74 Å². The van der Waals surface area contributed by atoms with Gasteiger partial charge in [-0.3, -0.25) is 4.79 Å². The van der Waals surface area contributed by atoms with Crippen LogP contribution in [-0.2, 0) is 9.53 Å². The molecule has 114 valence electrons. The van der Waals surface area contributed by atoms with Crippen LogP contribution in [0.15, 0.2) is 36.4 Å². The first-order valence-corrected chi connectivity index (χ1v) is 6.72. The van der Waals surface area contributed by atoms with E-state index in [2.05, 4.69) is 5.32 Å². The molecule has 1 fully saturated rings. The Kier molecular flexibility index (Phi) is 5.08. The van der Waals surface area contributed by atoms with Crippen molar-refractivity contribution in [1.82, 2.24) is 5.32 Å². The van der Waals surface area contributed by atoms with Crippen molar-refractivity contribution in [2.24, 2.45) is 0 Å². The maximum Gasteiger partial charge on any atom is 0.246 e. The molecule has 1 aliphatic rings. The fourth-order valence-corrected chi connectivity index (χ4v) is 2.09. The van der Waals surface area contributed by atoms with Crippen LogP contribution >= 0.6 is 0 Å². The van der Waals surface area contributed by atoms with Gasteiger partial charge in [0.2, 0.25) is 5.91 Å². The Hall–Kier alpha value is -1.73. The van der Waals surface area contributed by atoms with Crippen LogP contribution in [0.5, 0.6) is 0 Å². The lowest BCUT2D eigenvalue weighted by molar-refractivity contribution is -0.224. The largest absolute Gasteiger partial charge is 0.388 e. The van der Waals surface area contributed by atoms with Gasteiger partial charge < -0.3 is 25.4 Å². The zero-order chi connectivity index (χ0) is 15.4. The zero-order valence-electron chi connectivity index (χ0n) is 11.6. The van der Waals surface area contributed by atoms with Gasteiger partial charge in [0.25, 0.3) is 0 Å². The van der Waals surface area contributed by atoms with Gasteiger partial charge in [0.05, 0.1) is 6.10 Å². The van der Waals surface area contributed by atoms with Gasteiger partial charge in [-0.05, 0) is 18.6 Å². The van der Waals surface area contributed by atoms with E-state index in [1.54, 1.807) is 13.0 Å². The second kappa shape index (κ2) is 6.82. The Morgan fingerprint density at radius 1 is 1.14 bits per heavy atom. The van der Waals surface area contributed by atoms with Gasteiger partial charge in [0.1, 0.15) is 18.3 Å². The van der Waals surface area contributed by atoms with Crippen molar-refractivity contribution >= 4 is 12.0 Å². The number of rotatable bonds is 3. The average molecular weight is 293 g/mol. The first-order chi connectivity index (χ1) is 9.99. The van der Waals surface area contributed by atoms with Gasteiger partial charge in [-0.1, -0.05) is 30.3 Å². The Labute approximate surface area is 122 Å². The third kappa shape index (κ3) is 3.89. The van der Waals surface area contributed by atoms with E-state index in [1.165, 1.54) is 6.08 Å². The molecule has 6 heteroatoms. The molecule has 0 aliphatic carbocycles. The SMILES string of the molecule is C[C@@H]1O[C@H](NC(=O)/C=C/c2ccccc2)[C@@H](O)[C@H](O)[C@@H]1O. The van der Waals surface area contributed by atoms with E-state index in [0.717, 1.165) is 5.56 Å². The Morgan fingerprint density at radius 2 is 1.81 bits per heavy atom. The summed E-state index contributed by atoms with van der Waals surface area (Å²) in [5.41, 5.74) is 0.863. The fourth-order valence-electron chi connectivity index (χ4n) is 2.09. The highest BCUT2D eigenvalue weighted by Gasteiger charge is 2.42. The minimum atomic E-state index is -1.38. The lowest BCUT2D eigenvalue weighted by Gasteiger charge is -2.39. The summed E-state index contributed by atoms with van der Waals surface area (Å²) in [7, 11) is 0. The second-order valence-corrected chi connectivity index (χ2v) is 4.99. The predicted octanol–water partition coefficient (Wildman–Crippen LogP) is -0.357. The van der Waals surface area contributed by atoms with Gasteiger partial charge in [0.15, 0.2) is 6.23 Å². The van der Waals surface area contributed by atoms with Gasteiger partial charge >= 0.3 is 0 Å². The van der Waals surface area contributed by atoms with Crippen LogP contribution in [-0.4, -0.2) is 51.9 Å². The van der Waals surface area contributed by atoms with Crippen LogP contribution in [0.25, 0.3) is 6.08 Å². The average Bonchev–Trinajstić information content (AvgIpc) is 2.49. The Morgan fingerprint density at radius 3 is 2.48 bits per heavy atom. The molecule has 1 aliphatic heterocycles. The minimum Gasteiger partial charge on any atom is -0.388 e. The van der Waals surface area contributed by atoms with E-state index in [0.29, 0.717) is 0 Å². The first kappa shape index (κ1) is 15.7. The smallest absolute Gasteiger partial charge is 0.246 e. The maximum atomic E-state index is 11.8. The summed E-state index contributed by atoms with van der Waals surface area (Å²) in [5.74, 6) is -0.460. The molecule has 0 saturated carbocycles. The lowest BCUT2D eigenvalue weighted by Crippen LogP contribution is -2.61. The topological polar surface area (TPSA) is 99.0 Å². The molecule has 2 rings (SSSR count). The molecule has 6 nitrogen and oxygen atoms in total. The number of ether oxygens (including phenoxy) is 1. The highest BCUT2D eigenvalue weighted by atomic mass is 16.5. The molecule has 1 aromatic carbocycles. The van der Waals surface area contributed by atoms with Crippen LogP contribution in [0.4, 0.5) is 0 Å². The molecule has 21 heavy (non-hydrogen) atoms. The van der Waals surface area contributed by atoms with Crippen molar-refractivity contribution in [2.75, 3.05) is 0 Å². The molecule has 0 spiro atoms. The number of carbonyl (C=O) groups excluding carboxylic acids is 1. The molecule has 1 amide bonds. The van der Waals surface area contributed by atoms with E-state index < -0.39 is 36.6 Å². The summed E-state index contributed by atoms with van der Waals surface area (Å²) in [6, 6.07) is 9.27. The van der Waals surface area contributed by atoms with Gasteiger partial charge in [-0.2, -0.15) is 0 Å². The summed E-state index contributed by atoms with van der Waals surface area (Å²) in [4.78, 5) is 11.8. The standard InChI is InChI=1S/C15H19NO5/c1-9-12(18)13(19)14(20)15(21-9)16-11(17)8-7-10-5-3-2-4-6-10/h2-9,12-15,18-20H,1H3,(H,16,17)/b8-7+/t9-,12+,13+,14-,15-/m0/s1. The molecule has 1 aromatic rings. The molecule has 4 N–H and O–H groups in total. The summed E-state index contributed by atoms with van der Waals surface area (Å²) in [6.07, 6.45) is -2.75. The number of hydrogen-bond donors (Lipinski definition) is 4. The highest BCUT2D eigenvalue weighted by molar-refractivity contribution is 5.91. The summed E-state index contributed by atoms with van der Waals surface area (Å²) < 4.78 is 5.28. The highest BCUT2D eigenvalue weighted by Crippen LogP contribution is 2.19.